The Bertz CT molecular complexity index is 1300. The van der Waals surface area contributed by atoms with Crippen LogP contribution in [-0.4, -0.2) is 5.78 Å². The van der Waals surface area contributed by atoms with E-state index in [-0.39, 0.29) is 5.78 Å². The van der Waals surface area contributed by atoms with Crippen molar-refractivity contribution < 1.29 is 4.79 Å². The second-order valence-corrected chi connectivity index (χ2v) is 7.55. The monoisotopic (exact) mass is 399 g/mol. The smallest absolute Gasteiger partial charge is 0.195 e. The fourth-order valence-corrected chi connectivity index (χ4v) is 4.19. The maximum absolute atomic E-state index is 14.0. The molecule has 31 heavy (non-hydrogen) atoms. The molecule has 0 aliphatic heterocycles. The van der Waals surface area contributed by atoms with Gasteiger partial charge < -0.3 is 5.73 Å². The highest BCUT2D eigenvalue weighted by atomic mass is 16.1. The van der Waals surface area contributed by atoms with Crippen LogP contribution in [0.25, 0.3) is 22.3 Å². The van der Waals surface area contributed by atoms with Gasteiger partial charge in [-0.25, -0.2) is 0 Å². The Labute approximate surface area is 182 Å². The number of nitrogen functional groups attached to an aromatic ring is 1. The molecule has 0 heterocycles. The van der Waals surface area contributed by atoms with Gasteiger partial charge in [-0.15, -0.1) is 0 Å². The fraction of sp³-hybridized carbons (Fsp3) is 0. The zero-order valence-corrected chi connectivity index (χ0v) is 17.0. The Morgan fingerprint density at radius 1 is 0.387 bits per heavy atom. The number of anilines is 1. The number of benzene rings is 4. The average Bonchev–Trinajstić information content (AvgIpc) is 3.14. The molecule has 0 saturated heterocycles. The predicted molar refractivity (Wildman–Crippen MR) is 129 cm³/mol. The first-order valence-corrected chi connectivity index (χ1v) is 10.3. The molecule has 0 spiro atoms. The van der Waals surface area contributed by atoms with Crippen molar-refractivity contribution in [2.45, 2.75) is 0 Å². The van der Waals surface area contributed by atoms with Crippen molar-refractivity contribution in [3.63, 3.8) is 0 Å². The van der Waals surface area contributed by atoms with E-state index >= 15 is 0 Å². The van der Waals surface area contributed by atoms with E-state index in [1.54, 1.807) is 0 Å². The number of nitrogens with two attached hydrogens (primary N) is 1. The molecule has 4 aromatic rings. The summed E-state index contributed by atoms with van der Waals surface area (Å²) in [5.74, 6) is 0.0445. The highest BCUT2D eigenvalue weighted by Crippen LogP contribution is 2.49. The maximum atomic E-state index is 14.0. The molecule has 2 heteroatoms. The molecule has 2 N–H and O–H groups in total. The highest BCUT2D eigenvalue weighted by Gasteiger charge is 2.35. The van der Waals surface area contributed by atoms with E-state index in [1.165, 1.54) is 0 Å². The third-order valence-electron chi connectivity index (χ3n) is 5.59. The molecule has 2 nitrogen and oxygen atoms in total. The van der Waals surface area contributed by atoms with Crippen LogP contribution in [-0.2, 0) is 4.79 Å². The molecule has 0 aromatic heterocycles. The van der Waals surface area contributed by atoms with Crippen LogP contribution in [0, 0.1) is 0 Å². The number of rotatable bonds is 4. The molecule has 0 unspecified atom stereocenters. The van der Waals surface area contributed by atoms with Crippen molar-refractivity contribution in [1.29, 1.82) is 0 Å². The van der Waals surface area contributed by atoms with Crippen LogP contribution in [0.15, 0.2) is 115 Å². The van der Waals surface area contributed by atoms with Gasteiger partial charge in [0, 0.05) is 28.0 Å². The second-order valence-electron chi connectivity index (χ2n) is 7.55. The maximum Gasteiger partial charge on any atom is 0.195 e. The van der Waals surface area contributed by atoms with Gasteiger partial charge in [0.15, 0.2) is 5.78 Å². The van der Waals surface area contributed by atoms with Crippen molar-refractivity contribution in [2.24, 2.45) is 0 Å². The van der Waals surface area contributed by atoms with Crippen molar-refractivity contribution in [1.82, 2.24) is 0 Å². The lowest BCUT2D eigenvalue weighted by Gasteiger charge is -2.14. The first-order valence-electron chi connectivity index (χ1n) is 10.3. The van der Waals surface area contributed by atoms with Gasteiger partial charge in [0.1, 0.15) is 0 Å². The minimum absolute atomic E-state index is 0.0445. The Kier molecular flexibility index (Phi) is 4.81. The molecule has 0 saturated carbocycles. The Hall–Kier alpha value is -4.17. The lowest BCUT2D eigenvalue weighted by atomic mass is 9.89. The summed E-state index contributed by atoms with van der Waals surface area (Å²) in [5, 5.41) is 0. The first-order chi connectivity index (χ1) is 15.2. The first kappa shape index (κ1) is 18.8. The summed E-state index contributed by atoms with van der Waals surface area (Å²) in [5.41, 5.74) is 13.9. The molecule has 0 atom stereocenters. The van der Waals surface area contributed by atoms with Crippen molar-refractivity contribution in [2.75, 3.05) is 5.73 Å². The lowest BCUT2D eigenvalue weighted by molar-refractivity contribution is -0.108. The van der Waals surface area contributed by atoms with Gasteiger partial charge in [-0.3, -0.25) is 4.79 Å². The molecule has 148 valence electrons. The van der Waals surface area contributed by atoms with Crippen molar-refractivity contribution in [3.8, 4) is 0 Å². The fourth-order valence-electron chi connectivity index (χ4n) is 4.19. The molecule has 5 rings (SSSR count). The van der Waals surface area contributed by atoms with Crippen LogP contribution in [0.1, 0.15) is 22.3 Å². The number of carbonyl (C=O) groups is 1. The van der Waals surface area contributed by atoms with E-state index in [1.807, 2.05) is 103 Å². The minimum Gasteiger partial charge on any atom is -0.399 e. The largest absolute Gasteiger partial charge is 0.399 e. The van der Waals surface area contributed by atoms with Gasteiger partial charge in [0.2, 0.25) is 0 Å². The Balaban J connectivity index is 1.87. The van der Waals surface area contributed by atoms with Gasteiger partial charge >= 0.3 is 0 Å². The zero-order chi connectivity index (χ0) is 21.2. The van der Waals surface area contributed by atoms with Gasteiger partial charge in [-0.05, 0) is 34.4 Å². The molecule has 1 aliphatic carbocycles. The van der Waals surface area contributed by atoms with E-state index in [9.17, 15) is 4.79 Å². The summed E-state index contributed by atoms with van der Waals surface area (Å²) >= 11 is 0. The average molecular weight is 399 g/mol. The van der Waals surface area contributed by atoms with Crippen molar-refractivity contribution in [3.05, 3.63) is 138 Å². The van der Waals surface area contributed by atoms with E-state index in [0.717, 1.165) is 44.5 Å². The third kappa shape index (κ3) is 3.38. The van der Waals surface area contributed by atoms with Crippen LogP contribution in [0.5, 0.6) is 0 Å². The lowest BCUT2D eigenvalue weighted by Crippen LogP contribution is -2.01. The van der Waals surface area contributed by atoms with Crippen LogP contribution < -0.4 is 5.73 Å². The number of hydrogen-bond donors (Lipinski definition) is 1. The topological polar surface area (TPSA) is 43.1 Å². The molecular formula is C29H21NO. The number of allylic oxidation sites excluding steroid dienone is 4. The molecule has 0 bridgehead atoms. The summed E-state index contributed by atoms with van der Waals surface area (Å²) in [7, 11) is 0. The second kappa shape index (κ2) is 7.92. The van der Waals surface area contributed by atoms with Crippen LogP contribution in [0.3, 0.4) is 0 Å². The van der Waals surface area contributed by atoms with E-state index in [0.29, 0.717) is 5.69 Å². The molecule has 1 aliphatic rings. The number of Topliss-reactive ketones (excluding diaryl/α,β-unsaturated/α-hetero) is 1. The molecular weight excluding hydrogens is 378 g/mol. The summed E-state index contributed by atoms with van der Waals surface area (Å²) in [4.78, 5) is 14.0. The summed E-state index contributed by atoms with van der Waals surface area (Å²) in [6.07, 6.45) is 0. The number of ketones is 1. The van der Waals surface area contributed by atoms with Crippen LogP contribution in [0.4, 0.5) is 5.69 Å². The number of carbonyl (C=O) groups excluding carboxylic acids is 1. The molecule has 0 radical (unpaired) electrons. The molecule has 4 aromatic carbocycles. The Morgan fingerprint density at radius 3 is 1.10 bits per heavy atom. The van der Waals surface area contributed by atoms with Gasteiger partial charge in [-0.2, -0.15) is 0 Å². The van der Waals surface area contributed by atoms with E-state index < -0.39 is 0 Å². The quantitative estimate of drug-likeness (QED) is 0.405. The van der Waals surface area contributed by atoms with Crippen LogP contribution in [0.2, 0.25) is 0 Å². The standard InChI is InChI=1S/C29H21NO/c30-24-18-16-23(17-19-24)26-25(20-10-4-1-5-11-20)27(21-12-6-2-7-13-21)29(31)28(26)22-14-8-3-9-15-22/h1-19H,30H2. The van der Waals surface area contributed by atoms with E-state index in [4.69, 9.17) is 5.73 Å². The SMILES string of the molecule is Nc1ccc(C2=C(c3ccccc3)C(=O)C(c3ccccc3)=C2c2ccccc2)cc1. The predicted octanol–water partition coefficient (Wildman–Crippen LogP) is 6.37. The Morgan fingerprint density at radius 2 is 0.710 bits per heavy atom. The summed E-state index contributed by atoms with van der Waals surface area (Å²) in [6.45, 7) is 0. The third-order valence-corrected chi connectivity index (χ3v) is 5.59. The van der Waals surface area contributed by atoms with E-state index in [2.05, 4.69) is 12.1 Å². The van der Waals surface area contributed by atoms with Gasteiger partial charge in [0.25, 0.3) is 0 Å². The molecule has 0 fully saturated rings. The highest BCUT2D eigenvalue weighted by molar-refractivity contribution is 6.59. The van der Waals surface area contributed by atoms with Gasteiger partial charge in [0.05, 0.1) is 0 Å². The minimum atomic E-state index is 0.0445. The van der Waals surface area contributed by atoms with Crippen LogP contribution >= 0.6 is 0 Å². The normalized spacial score (nSPS) is 13.7. The molecule has 0 amide bonds. The summed E-state index contributed by atoms with van der Waals surface area (Å²) < 4.78 is 0. The van der Waals surface area contributed by atoms with Gasteiger partial charge in [-0.1, -0.05) is 103 Å². The van der Waals surface area contributed by atoms with Crippen molar-refractivity contribution >= 4 is 33.8 Å². The number of hydrogen-bond acceptors (Lipinski definition) is 2. The zero-order valence-electron chi connectivity index (χ0n) is 17.0. The summed E-state index contributed by atoms with van der Waals surface area (Å²) in [6, 6.07) is 37.8.